The lowest BCUT2D eigenvalue weighted by Crippen LogP contribution is -2.59. The molecule has 1 heterocycles. The van der Waals surface area contributed by atoms with Crippen molar-refractivity contribution in [3.8, 4) is 0 Å². The summed E-state index contributed by atoms with van der Waals surface area (Å²) in [5.41, 5.74) is 0. The Morgan fingerprint density at radius 1 is 0.500 bits per heavy atom. The first kappa shape index (κ1) is 62.2. The third kappa shape index (κ3) is 38.1. The Morgan fingerprint density at radius 3 is 1.41 bits per heavy atom. The molecule has 9 heteroatoms. The molecule has 1 aliphatic heterocycles. The summed E-state index contributed by atoms with van der Waals surface area (Å²) in [6.07, 6.45) is 54.4. The van der Waals surface area contributed by atoms with Crippen molar-refractivity contribution >= 4 is 5.97 Å². The van der Waals surface area contributed by atoms with E-state index in [0.29, 0.717) is 13.0 Å². The van der Waals surface area contributed by atoms with E-state index in [4.69, 9.17) is 18.9 Å². The molecule has 4 N–H and O–H groups in total. The maximum Gasteiger partial charge on any atom is 0.306 e. The number of rotatable bonds is 48. The van der Waals surface area contributed by atoms with Crippen LogP contribution < -0.4 is 0 Å². The summed E-state index contributed by atoms with van der Waals surface area (Å²) in [4.78, 5) is 12.9. The van der Waals surface area contributed by atoms with E-state index in [2.05, 4.69) is 62.5 Å². The third-order valence-electron chi connectivity index (χ3n) is 12.7. The van der Waals surface area contributed by atoms with Gasteiger partial charge in [-0.3, -0.25) is 4.79 Å². The molecule has 0 radical (unpaired) electrons. The zero-order chi connectivity index (χ0) is 47.8. The SMILES string of the molecule is CC/C=C\C/C=C\C/C=C\CCCCCCCCCCOCC(COC1OC(CO)C(O)C(O)C1O)OC(=O)CCCCCCCCCCCCCCC/C=C\CCCCCCCCCC. The van der Waals surface area contributed by atoms with Crippen molar-refractivity contribution in [1.82, 2.24) is 0 Å². The van der Waals surface area contributed by atoms with E-state index in [1.54, 1.807) is 0 Å². The van der Waals surface area contributed by atoms with E-state index in [1.807, 2.05) is 0 Å². The van der Waals surface area contributed by atoms with Crippen LogP contribution in [0, 0.1) is 0 Å². The predicted octanol–water partition coefficient (Wildman–Crippen LogP) is 14.0. The average Bonchev–Trinajstić information content (AvgIpc) is 3.32. The van der Waals surface area contributed by atoms with Gasteiger partial charge in [0.05, 0.1) is 19.8 Å². The molecule has 0 bridgehead atoms. The molecule has 0 aliphatic carbocycles. The number of esters is 1. The number of aliphatic hydroxyl groups excluding tert-OH is 4. The second kappa shape index (κ2) is 48.2. The van der Waals surface area contributed by atoms with E-state index in [0.717, 1.165) is 57.8 Å². The molecule has 6 atom stereocenters. The Balaban J connectivity index is 2.16. The normalized spacial score (nSPS) is 19.6. The number of aliphatic hydroxyl groups is 4. The summed E-state index contributed by atoms with van der Waals surface area (Å²) < 4.78 is 22.9. The molecule has 0 saturated carbocycles. The van der Waals surface area contributed by atoms with Gasteiger partial charge >= 0.3 is 5.97 Å². The standard InChI is InChI=1S/C57H104O9/c1-3-5-7-9-11-13-15-17-19-21-23-24-25-26-27-28-29-30-32-34-36-38-40-42-44-46-53(59)65-51(50-64-57-56(62)55(61)54(60)52(48-58)66-57)49-63-47-45-43-41-39-37-35-33-31-22-20-18-16-14-12-10-8-6-4-2/h6,8,12,14,18,20-21,23,51-52,54-58,60-62H,3-5,7,9-11,13,15-17,19,22,24-50H2,1-2H3/b8-6-,14-12-,20-18-,23-21-. The van der Waals surface area contributed by atoms with E-state index in [1.165, 1.54) is 167 Å². The van der Waals surface area contributed by atoms with Crippen LogP contribution in [-0.2, 0) is 23.7 Å². The van der Waals surface area contributed by atoms with Gasteiger partial charge in [-0.2, -0.15) is 0 Å². The van der Waals surface area contributed by atoms with Gasteiger partial charge in [0.2, 0.25) is 0 Å². The van der Waals surface area contributed by atoms with Crippen LogP contribution in [0.25, 0.3) is 0 Å². The van der Waals surface area contributed by atoms with Crippen LogP contribution in [0.15, 0.2) is 48.6 Å². The molecule has 1 saturated heterocycles. The lowest BCUT2D eigenvalue weighted by molar-refractivity contribution is -0.305. The molecular formula is C57H104O9. The maximum atomic E-state index is 12.9. The molecular weight excluding hydrogens is 829 g/mol. The monoisotopic (exact) mass is 933 g/mol. The number of carbonyl (C=O) groups excluding carboxylic acids is 1. The van der Waals surface area contributed by atoms with Gasteiger partial charge in [0.15, 0.2) is 6.29 Å². The fraction of sp³-hybridized carbons (Fsp3) is 0.842. The fourth-order valence-electron chi connectivity index (χ4n) is 8.44. The first-order chi connectivity index (χ1) is 32.4. The van der Waals surface area contributed by atoms with Crippen LogP contribution in [0.4, 0.5) is 0 Å². The van der Waals surface area contributed by atoms with Crippen LogP contribution >= 0.6 is 0 Å². The Morgan fingerprint density at radius 2 is 0.924 bits per heavy atom. The quantitative estimate of drug-likeness (QED) is 0.0267. The van der Waals surface area contributed by atoms with Crippen LogP contribution in [-0.4, -0.2) is 89.6 Å². The van der Waals surface area contributed by atoms with Gasteiger partial charge in [-0.15, -0.1) is 0 Å². The Hall–Kier alpha value is -1.85. The van der Waals surface area contributed by atoms with Crippen LogP contribution in [0.2, 0.25) is 0 Å². The Labute approximate surface area is 405 Å². The van der Waals surface area contributed by atoms with Crippen molar-refractivity contribution in [2.24, 2.45) is 0 Å². The molecule has 0 aromatic carbocycles. The highest BCUT2D eigenvalue weighted by molar-refractivity contribution is 5.69. The number of hydrogen-bond donors (Lipinski definition) is 4. The molecule has 1 aliphatic rings. The topological polar surface area (TPSA) is 135 Å². The second-order valence-electron chi connectivity index (χ2n) is 19.0. The highest BCUT2D eigenvalue weighted by Gasteiger charge is 2.44. The minimum Gasteiger partial charge on any atom is -0.457 e. The average molecular weight is 933 g/mol. The minimum atomic E-state index is -1.54. The van der Waals surface area contributed by atoms with Gasteiger partial charge in [-0.25, -0.2) is 0 Å². The molecule has 1 fully saturated rings. The van der Waals surface area contributed by atoms with E-state index < -0.39 is 43.4 Å². The highest BCUT2D eigenvalue weighted by atomic mass is 16.7. The summed E-state index contributed by atoms with van der Waals surface area (Å²) in [6, 6.07) is 0. The van der Waals surface area contributed by atoms with E-state index in [9.17, 15) is 25.2 Å². The van der Waals surface area contributed by atoms with Crippen molar-refractivity contribution in [2.45, 2.75) is 282 Å². The van der Waals surface area contributed by atoms with Crippen molar-refractivity contribution in [3.05, 3.63) is 48.6 Å². The first-order valence-corrected chi connectivity index (χ1v) is 27.7. The lowest BCUT2D eigenvalue weighted by Gasteiger charge is -2.39. The molecule has 386 valence electrons. The number of unbranched alkanes of at least 4 members (excludes halogenated alkanes) is 29. The summed E-state index contributed by atoms with van der Waals surface area (Å²) in [6.45, 7) is 4.46. The highest BCUT2D eigenvalue weighted by Crippen LogP contribution is 2.23. The molecule has 0 amide bonds. The maximum absolute atomic E-state index is 12.9. The largest absolute Gasteiger partial charge is 0.457 e. The number of allylic oxidation sites excluding steroid dienone is 8. The van der Waals surface area contributed by atoms with Gasteiger partial charge in [-0.1, -0.05) is 217 Å². The summed E-state index contributed by atoms with van der Waals surface area (Å²) in [7, 11) is 0. The summed E-state index contributed by atoms with van der Waals surface area (Å²) in [5, 5.41) is 40.3. The summed E-state index contributed by atoms with van der Waals surface area (Å²) in [5.74, 6) is -0.314. The smallest absolute Gasteiger partial charge is 0.306 e. The number of carbonyl (C=O) groups is 1. The van der Waals surface area contributed by atoms with Crippen molar-refractivity contribution in [2.75, 3.05) is 26.4 Å². The van der Waals surface area contributed by atoms with Gasteiger partial charge in [-0.05, 0) is 70.6 Å². The number of hydrogen-bond acceptors (Lipinski definition) is 9. The molecule has 0 spiro atoms. The molecule has 0 aromatic rings. The first-order valence-electron chi connectivity index (χ1n) is 27.7. The van der Waals surface area contributed by atoms with Crippen molar-refractivity contribution in [3.63, 3.8) is 0 Å². The summed E-state index contributed by atoms with van der Waals surface area (Å²) >= 11 is 0. The lowest BCUT2D eigenvalue weighted by atomic mass is 9.99. The zero-order valence-corrected chi connectivity index (χ0v) is 42.7. The predicted molar refractivity (Wildman–Crippen MR) is 275 cm³/mol. The van der Waals surface area contributed by atoms with Gasteiger partial charge in [0.25, 0.3) is 0 Å². The third-order valence-corrected chi connectivity index (χ3v) is 12.7. The molecule has 66 heavy (non-hydrogen) atoms. The fourth-order valence-corrected chi connectivity index (χ4v) is 8.44. The zero-order valence-electron chi connectivity index (χ0n) is 42.7. The van der Waals surface area contributed by atoms with Crippen molar-refractivity contribution < 1.29 is 44.2 Å². The molecule has 6 unspecified atom stereocenters. The second-order valence-corrected chi connectivity index (χ2v) is 19.0. The molecule has 0 aromatic heterocycles. The molecule has 9 nitrogen and oxygen atoms in total. The van der Waals surface area contributed by atoms with Crippen LogP contribution in [0.5, 0.6) is 0 Å². The van der Waals surface area contributed by atoms with Crippen LogP contribution in [0.1, 0.15) is 245 Å². The van der Waals surface area contributed by atoms with Crippen molar-refractivity contribution in [1.29, 1.82) is 0 Å². The Bertz CT molecular complexity index is 1150. The minimum absolute atomic E-state index is 0.116. The Kier molecular flexibility index (Phi) is 45.4. The number of ether oxygens (including phenoxy) is 4. The van der Waals surface area contributed by atoms with Crippen LogP contribution in [0.3, 0.4) is 0 Å². The van der Waals surface area contributed by atoms with Gasteiger partial charge in [0, 0.05) is 13.0 Å². The van der Waals surface area contributed by atoms with E-state index >= 15 is 0 Å². The molecule has 1 rings (SSSR count). The van der Waals surface area contributed by atoms with Gasteiger partial charge < -0.3 is 39.4 Å². The van der Waals surface area contributed by atoms with Gasteiger partial charge in [0.1, 0.15) is 30.5 Å². The van der Waals surface area contributed by atoms with E-state index in [-0.39, 0.29) is 19.2 Å².